The third kappa shape index (κ3) is 3.15. The van der Waals surface area contributed by atoms with Gasteiger partial charge in [-0.05, 0) is 24.1 Å². The summed E-state index contributed by atoms with van der Waals surface area (Å²) in [6.07, 6.45) is 1.19. The van der Waals surface area contributed by atoms with Crippen molar-refractivity contribution in [2.45, 2.75) is 12.8 Å². The number of hydrogen-bond acceptors (Lipinski definition) is 6. The Morgan fingerprint density at radius 3 is 2.63 bits per heavy atom. The van der Waals surface area contributed by atoms with Crippen LogP contribution in [0.1, 0.15) is 18.4 Å². The first-order valence-electron chi connectivity index (χ1n) is 9.15. The van der Waals surface area contributed by atoms with Crippen LogP contribution in [0.4, 0.5) is 4.79 Å². The van der Waals surface area contributed by atoms with Crippen molar-refractivity contribution in [1.29, 1.82) is 15.8 Å². The van der Waals surface area contributed by atoms with Gasteiger partial charge >= 0.3 is 6.09 Å². The largest absolute Gasteiger partial charge is 0.450 e. The van der Waals surface area contributed by atoms with Crippen LogP contribution in [0, 0.1) is 45.3 Å². The molecule has 2 unspecified atom stereocenters. The second-order valence-corrected chi connectivity index (χ2v) is 7.71. The van der Waals surface area contributed by atoms with Gasteiger partial charge in [-0.1, -0.05) is 41.4 Å². The number of fused-ring (bicyclic) bond motifs is 1. The van der Waals surface area contributed by atoms with Crippen LogP contribution in [0.25, 0.3) is 0 Å². The summed E-state index contributed by atoms with van der Waals surface area (Å²) in [7, 11) is 0. The maximum absolute atomic E-state index is 12.3. The standard InChI is InChI=1S/C21H17Cl2N5O2/c1-2-30-20(29)28-7-6-12-14(8-24)19(27)21(10-25,11-26)17(15(12)9-28)13-4-3-5-16(22)18(13)23/h3-6,15,17H,2,7,9,27H2,1H3. The van der Waals surface area contributed by atoms with E-state index in [1.54, 1.807) is 31.2 Å². The van der Waals surface area contributed by atoms with Gasteiger partial charge in [-0.25, -0.2) is 4.79 Å². The van der Waals surface area contributed by atoms with Crippen molar-refractivity contribution in [3.63, 3.8) is 0 Å². The van der Waals surface area contributed by atoms with Crippen molar-refractivity contribution < 1.29 is 9.53 Å². The molecule has 1 aromatic rings. The number of ether oxygens (including phenoxy) is 1. The average molecular weight is 442 g/mol. The van der Waals surface area contributed by atoms with Gasteiger partial charge in [-0.15, -0.1) is 0 Å². The lowest BCUT2D eigenvalue weighted by Gasteiger charge is -2.45. The molecule has 1 aliphatic carbocycles. The maximum Gasteiger partial charge on any atom is 0.410 e. The minimum atomic E-state index is -1.86. The van der Waals surface area contributed by atoms with Crippen molar-refractivity contribution in [3.8, 4) is 18.2 Å². The van der Waals surface area contributed by atoms with Gasteiger partial charge in [0.1, 0.15) is 6.07 Å². The molecule has 0 saturated heterocycles. The van der Waals surface area contributed by atoms with E-state index < -0.39 is 23.3 Å². The molecule has 3 rings (SSSR count). The molecule has 30 heavy (non-hydrogen) atoms. The molecule has 2 aliphatic rings. The highest BCUT2D eigenvalue weighted by molar-refractivity contribution is 6.42. The second-order valence-electron chi connectivity index (χ2n) is 6.92. The van der Waals surface area contributed by atoms with E-state index in [0.29, 0.717) is 11.1 Å². The number of nitrogens with zero attached hydrogens (tertiary/aromatic N) is 4. The lowest BCUT2D eigenvalue weighted by atomic mass is 9.58. The summed E-state index contributed by atoms with van der Waals surface area (Å²) in [5, 5.41) is 30.3. The first-order chi connectivity index (χ1) is 14.4. The van der Waals surface area contributed by atoms with Crippen molar-refractivity contribution in [2.75, 3.05) is 19.7 Å². The van der Waals surface area contributed by atoms with Crippen LogP contribution in [0.2, 0.25) is 10.0 Å². The van der Waals surface area contributed by atoms with E-state index in [0.717, 1.165) is 0 Å². The van der Waals surface area contributed by atoms with Crippen LogP contribution in [-0.4, -0.2) is 30.7 Å². The number of hydrogen-bond donors (Lipinski definition) is 1. The van der Waals surface area contributed by atoms with Crippen LogP contribution in [-0.2, 0) is 4.74 Å². The summed E-state index contributed by atoms with van der Waals surface area (Å²) in [6.45, 7) is 2.25. The highest BCUT2D eigenvalue weighted by Crippen LogP contribution is 2.55. The summed E-state index contributed by atoms with van der Waals surface area (Å²) in [4.78, 5) is 13.8. The summed E-state index contributed by atoms with van der Waals surface area (Å²) >= 11 is 12.7. The zero-order chi connectivity index (χ0) is 22.1. The number of nitriles is 3. The molecular formula is C21H17Cl2N5O2. The van der Waals surface area contributed by atoms with Gasteiger partial charge < -0.3 is 15.4 Å². The number of nitrogens with two attached hydrogens (primary N) is 1. The second kappa shape index (κ2) is 8.28. The van der Waals surface area contributed by atoms with Gasteiger partial charge in [0.15, 0.2) is 5.41 Å². The molecule has 1 amide bonds. The molecule has 0 spiro atoms. The highest BCUT2D eigenvalue weighted by atomic mass is 35.5. The smallest absolute Gasteiger partial charge is 0.410 e. The summed E-state index contributed by atoms with van der Waals surface area (Å²) in [5.41, 5.74) is 5.38. The molecule has 0 bridgehead atoms. The van der Waals surface area contributed by atoms with Gasteiger partial charge in [0.2, 0.25) is 0 Å². The van der Waals surface area contributed by atoms with E-state index in [1.165, 1.54) is 4.90 Å². The van der Waals surface area contributed by atoms with Crippen LogP contribution in [0.15, 0.2) is 41.1 Å². The average Bonchev–Trinajstić information content (AvgIpc) is 2.75. The molecule has 1 heterocycles. The minimum absolute atomic E-state index is 0.0843. The van der Waals surface area contributed by atoms with E-state index in [1.807, 2.05) is 18.2 Å². The van der Waals surface area contributed by atoms with Gasteiger partial charge in [-0.2, -0.15) is 15.8 Å². The molecule has 1 aromatic carbocycles. The molecule has 0 radical (unpaired) electrons. The number of halogens is 2. The molecule has 1 aliphatic heterocycles. The van der Waals surface area contributed by atoms with E-state index in [2.05, 4.69) is 0 Å². The monoisotopic (exact) mass is 441 g/mol. The normalized spacial score (nSPS) is 22.1. The Hall–Kier alpha value is -3.18. The fourth-order valence-electron chi connectivity index (χ4n) is 4.15. The topological polar surface area (TPSA) is 127 Å². The number of carbonyl (C=O) groups excluding carboxylic acids is 1. The molecule has 2 N–H and O–H groups in total. The fraction of sp³-hybridized carbons (Fsp3) is 0.333. The number of amides is 1. The Kier molecular flexibility index (Phi) is 5.94. The van der Waals surface area contributed by atoms with Gasteiger partial charge in [0.05, 0.1) is 40.1 Å². The fourth-order valence-corrected chi connectivity index (χ4v) is 4.57. The summed E-state index contributed by atoms with van der Waals surface area (Å²) < 4.78 is 5.10. The Balaban J connectivity index is 2.29. The van der Waals surface area contributed by atoms with Crippen LogP contribution in [0.3, 0.4) is 0 Å². The first-order valence-corrected chi connectivity index (χ1v) is 9.90. The van der Waals surface area contributed by atoms with Gasteiger partial charge in [0, 0.05) is 24.9 Å². The predicted molar refractivity (Wildman–Crippen MR) is 110 cm³/mol. The molecule has 2 atom stereocenters. The van der Waals surface area contributed by atoms with Crippen molar-refractivity contribution in [3.05, 3.63) is 56.7 Å². The van der Waals surface area contributed by atoms with Crippen molar-refractivity contribution in [2.24, 2.45) is 17.1 Å². The van der Waals surface area contributed by atoms with E-state index >= 15 is 0 Å². The zero-order valence-corrected chi connectivity index (χ0v) is 17.5. The number of benzene rings is 1. The molecule has 0 aromatic heterocycles. The third-order valence-corrected chi connectivity index (χ3v) is 6.34. The predicted octanol–water partition coefficient (Wildman–Crippen LogP) is 3.88. The van der Waals surface area contributed by atoms with E-state index in [4.69, 9.17) is 33.7 Å². The van der Waals surface area contributed by atoms with Crippen LogP contribution in [0.5, 0.6) is 0 Å². The Bertz CT molecular complexity index is 1080. The molecular weight excluding hydrogens is 425 g/mol. The lowest BCUT2D eigenvalue weighted by Crippen LogP contribution is -2.49. The van der Waals surface area contributed by atoms with E-state index in [-0.39, 0.29) is 41.0 Å². The summed E-state index contributed by atoms with van der Waals surface area (Å²) in [5.74, 6) is -1.43. The Morgan fingerprint density at radius 1 is 1.33 bits per heavy atom. The molecule has 152 valence electrons. The highest BCUT2D eigenvalue weighted by Gasteiger charge is 2.55. The SMILES string of the molecule is CCOC(=O)N1CC=C2C(C#N)=C(N)C(C#N)(C#N)C(c3cccc(Cl)c3Cl)C2C1. The van der Waals surface area contributed by atoms with Crippen molar-refractivity contribution in [1.82, 2.24) is 4.90 Å². The molecule has 9 heteroatoms. The Morgan fingerprint density at radius 2 is 2.03 bits per heavy atom. The van der Waals surface area contributed by atoms with Gasteiger partial charge in [-0.3, -0.25) is 0 Å². The van der Waals surface area contributed by atoms with Gasteiger partial charge in [0.25, 0.3) is 0 Å². The maximum atomic E-state index is 12.3. The minimum Gasteiger partial charge on any atom is -0.450 e. The van der Waals surface area contributed by atoms with E-state index in [9.17, 15) is 20.6 Å². The van der Waals surface area contributed by atoms with Crippen LogP contribution >= 0.6 is 23.2 Å². The quantitative estimate of drug-likeness (QED) is 0.741. The third-order valence-electron chi connectivity index (χ3n) is 5.51. The zero-order valence-electron chi connectivity index (χ0n) is 16.0. The molecule has 7 nitrogen and oxygen atoms in total. The number of allylic oxidation sites excluding steroid dienone is 2. The molecule has 0 fully saturated rings. The Labute approximate surface area is 184 Å². The number of carbonyl (C=O) groups is 1. The molecule has 0 saturated carbocycles. The lowest BCUT2D eigenvalue weighted by molar-refractivity contribution is 0.0999. The summed E-state index contributed by atoms with van der Waals surface area (Å²) in [6, 6.07) is 11.0. The van der Waals surface area contributed by atoms with Crippen LogP contribution < -0.4 is 5.73 Å². The number of rotatable bonds is 2. The first kappa shape index (κ1) is 21.5. The van der Waals surface area contributed by atoms with Crippen molar-refractivity contribution >= 4 is 29.3 Å².